The number of halogens is 1. The molecule has 1 heterocycles. The lowest BCUT2D eigenvalue weighted by Crippen LogP contribution is -2.49. The number of rotatable bonds is 5. The molecule has 0 atom stereocenters. The summed E-state index contributed by atoms with van der Waals surface area (Å²) in [6.45, 7) is 7.15. The van der Waals surface area contributed by atoms with Gasteiger partial charge in [0, 0.05) is 50.6 Å². The van der Waals surface area contributed by atoms with E-state index in [0.29, 0.717) is 50.5 Å². The quantitative estimate of drug-likeness (QED) is 0.787. The lowest BCUT2D eigenvalue weighted by Gasteiger charge is -2.37. The molecule has 0 bridgehead atoms. The maximum Gasteiger partial charge on any atom is 0.256 e. The van der Waals surface area contributed by atoms with Crippen molar-refractivity contribution < 1.29 is 14.0 Å². The molecule has 29 heavy (non-hydrogen) atoms. The number of nitrogens with two attached hydrogens (primary N) is 1. The Morgan fingerprint density at radius 1 is 1.00 bits per heavy atom. The molecule has 0 spiro atoms. The molecule has 0 radical (unpaired) electrons. The van der Waals surface area contributed by atoms with Gasteiger partial charge in [-0.25, -0.2) is 4.39 Å². The smallest absolute Gasteiger partial charge is 0.256 e. The summed E-state index contributed by atoms with van der Waals surface area (Å²) >= 11 is 0. The van der Waals surface area contributed by atoms with Crippen LogP contribution in [0.1, 0.15) is 34.6 Å². The minimum absolute atomic E-state index is 0.0536. The highest BCUT2D eigenvalue weighted by Crippen LogP contribution is 2.26. The molecule has 0 saturated carbocycles. The Morgan fingerprint density at radius 2 is 1.66 bits per heavy atom. The molecule has 0 unspecified atom stereocenters. The molecule has 0 aliphatic carbocycles. The number of benzene rings is 2. The van der Waals surface area contributed by atoms with Gasteiger partial charge in [-0.3, -0.25) is 9.59 Å². The van der Waals surface area contributed by atoms with Gasteiger partial charge in [-0.1, -0.05) is 12.1 Å². The zero-order chi connectivity index (χ0) is 21.0. The number of piperazine rings is 1. The van der Waals surface area contributed by atoms with Crippen LogP contribution in [-0.4, -0.2) is 60.9 Å². The zero-order valence-corrected chi connectivity index (χ0v) is 16.9. The van der Waals surface area contributed by atoms with Gasteiger partial charge in [0.2, 0.25) is 0 Å². The van der Waals surface area contributed by atoms with Crippen LogP contribution in [0.15, 0.2) is 42.5 Å². The summed E-state index contributed by atoms with van der Waals surface area (Å²) < 4.78 is 13.9. The van der Waals surface area contributed by atoms with Crippen LogP contribution in [0.4, 0.5) is 15.8 Å². The van der Waals surface area contributed by atoms with Crippen molar-refractivity contribution in [2.45, 2.75) is 13.8 Å². The molecule has 0 aromatic heterocycles. The van der Waals surface area contributed by atoms with Crippen LogP contribution in [0.2, 0.25) is 0 Å². The third kappa shape index (κ3) is 4.34. The molecule has 1 saturated heterocycles. The first-order valence-electron chi connectivity index (χ1n) is 9.93. The van der Waals surface area contributed by atoms with Crippen molar-refractivity contribution in [3.8, 4) is 0 Å². The van der Waals surface area contributed by atoms with Gasteiger partial charge in [-0.15, -0.1) is 0 Å². The molecule has 1 aliphatic rings. The van der Waals surface area contributed by atoms with E-state index in [4.69, 9.17) is 5.73 Å². The fraction of sp³-hybridized carbons (Fsp3) is 0.364. The number of nitrogen functional groups attached to an aromatic ring is 1. The predicted octanol–water partition coefficient (Wildman–Crippen LogP) is 2.85. The Kier molecular flexibility index (Phi) is 6.36. The standard InChI is InChI=1S/C22H27FN4O2/c1-3-25(4-2)22(29)18-15-16(24)9-10-20(18)26-11-13-27(14-12-26)21(28)17-7-5-6-8-19(17)23/h5-10,15H,3-4,11-14,24H2,1-2H3. The van der Waals surface area contributed by atoms with Crippen LogP contribution in [-0.2, 0) is 0 Å². The number of hydrogen-bond acceptors (Lipinski definition) is 4. The number of amides is 2. The summed E-state index contributed by atoms with van der Waals surface area (Å²) in [5, 5.41) is 0. The van der Waals surface area contributed by atoms with Crippen LogP contribution < -0.4 is 10.6 Å². The fourth-order valence-corrected chi connectivity index (χ4v) is 3.64. The van der Waals surface area contributed by atoms with Crippen LogP contribution in [0, 0.1) is 5.82 Å². The summed E-state index contributed by atoms with van der Waals surface area (Å²) in [5.74, 6) is -0.868. The van der Waals surface area contributed by atoms with Crippen molar-refractivity contribution in [1.82, 2.24) is 9.80 Å². The van der Waals surface area contributed by atoms with Crippen LogP contribution in [0.5, 0.6) is 0 Å². The van der Waals surface area contributed by atoms with Crippen molar-refractivity contribution >= 4 is 23.2 Å². The molecule has 1 aliphatic heterocycles. The van der Waals surface area contributed by atoms with Crippen molar-refractivity contribution in [3.05, 3.63) is 59.4 Å². The highest BCUT2D eigenvalue weighted by atomic mass is 19.1. The van der Waals surface area contributed by atoms with Gasteiger partial charge in [0.15, 0.2) is 0 Å². The SMILES string of the molecule is CCN(CC)C(=O)c1cc(N)ccc1N1CCN(C(=O)c2ccccc2F)CC1. The lowest BCUT2D eigenvalue weighted by atomic mass is 10.1. The summed E-state index contributed by atoms with van der Waals surface area (Å²) in [5.41, 5.74) is 7.95. The van der Waals surface area contributed by atoms with E-state index in [1.807, 2.05) is 19.9 Å². The molecular weight excluding hydrogens is 371 g/mol. The Bertz CT molecular complexity index is 890. The van der Waals surface area contributed by atoms with Crippen molar-refractivity contribution in [1.29, 1.82) is 0 Å². The summed E-state index contributed by atoms with van der Waals surface area (Å²) in [6, 6.07) is 11.4. The maximum absolute atomic E-state index is 13.9. The molecule has 2 aromatic rings. The van der Waals surface area contributed by atoms with Gasteiger partial charge in [0.05, 0.1) is 11.1 Å². The number of carbonyl (C=O) groups is 2. The minimum Gasteiger partial charge on any atom is -0.399 e. The second-order valence-corrected chi connectivity index (χ2v) is 7.01. The van der Waals surface area contributed by atoms with Gasteiger partial charge < -0.3 is 20.4 Å². The van der Waals surface area contributed by atoms with Gasteiger partial charge in [-0.2, -0.15) is 0 Å². The second-order valence-electron chi connectivity index (χ2n) is 7.01. The predicted molar refractivity (Wildman–Crippen MR) is 113 cm³/mol. The van der Waals surface area contributed by atoms with E-state index >= 15 is 0 Å². The van der Waals surface area contributed by atoms with Crippen LogP contribution in [0.25, 0.3) is 0 Å². The summed E-state index contributed by atoms with van der Waals surface area (Å²) in [6.07, 6.45) is 0. The molecular formula is C22H27FN4O2. The highest BCUT2D eigenvalue weighted by Gasteiger charge is 2.27. The van der Waals surface area contributed by atoms with E-state index < -0.39 is 5.82 Å². The molecule has 2 amide bonds. The molecule has 3 rings (SSSR count). The Balaban J connectivity index is 1.77. The van der Waals surface area contributed by atoms with E-state index in [1.54, 1.807) is 34.1 Å². The van der Waals surface area contributed by atoms with E-state index in [0.717, 1.165) is 5.69 Å². The lowest BCUT2D eigenvalue weighted by molar-refractivity contribution is 0.0736. The summed E-state index contributed by atoms with van der Waals surface area (Å²) in [4.78, 5) is 31.1. The molecule has 154 valence electrons. The first-order chi connectivity index (χ1) is 14.0. The Labute approximate surface area is 170 Å². The topological polar surface area (TPSA) is 69.9 Å². The third-order valence-electron chi connectivity index (χ3n) is 5.31. The maximum atomic E-state index is 13.9. The van der Waals surface area contributed by atoms with Gasteiger partial charge in [0.25, 0.3) is 11.8 Å². The van der Waals surface area contributed by atoms with E-state index in [-0.39, 0.29) is 17.4 Å². The molecule has 6 nitrogen and oxygen atoms in total. The summed E-state index contributed by atoms with van der Waals surface area (Å²) in [7, 11) is 0. The normalized spacial score (nSPS) is 14.0. The molecule has 7 heteroatoms. The number of carbonyl (C=O) groups excluding carboxylic acids is 2. The van der Waals surface area contributed by atoms with Crippen molar-refractivity contribution in [2.24, 2.45) is 0 Å². The Morgan fingerprint density at radius 3 is 2.28 bits per heavy atom. The van der Waals surface area contributed by atoms with Crippen molar-refractivity contribution in [3.63, 3.8) is 0 Å². The second kappa shape index (κ2) is 8.94. The minimum atomic E-state index is -0.509. The Hall–Kier alpha value is -3.09. The first kappa shape index (κ1) is 20.6. The average Bonchev–Trinajstić information content (AvgIpc) is 2.74. The average molecular weight is 398 g/mol. The number of nitrogens with zero attached hydrogens (tertiary/aromatic N) is 3. The molecule has 2 N–H and O–H groups in total. The van der Waals surface area contributed by atoms with Gasteiger partial charge >= 0.3 is 0 Å². The van der Waals surface area contributed by atoms with Crippen LogP contribution in [0.3, 0.4) is 0 Å². The third-order valence-corrected chi connectivity index (χ3v) is 5.31. The zero-order valence-electron chi connectivity index (χ0n) is 16.9. The van der Waals surface area contributed by atoms with Crippen molar-refractivity contribution in [2.75, 3.05) is 49.9 Å². The largest absolute Gasteiger partial charge is 0.399 e. The van der Waals surface area contributed by atoms with Gasteiger partial charge in [0.1, 0.15) is 5.82 Å². The van der Waals surface area contributed by atoms with Crippen LogP contribution >= 0.6 is 0 Å². The van der Waals surface area contributed by atoms with E-state index in [1.165, 1.54) is 12.1 Å². The highest BCUT2D eigenvalue weighted by molar-refractivity contribution is 6.01. The monoisotopic (exact) mass is 398 g/mol. The number of hydrogen-bond donors (Lipinski definition) is 1. The van der Waals surface area contributed by atoms with E-state index in [9.17, 15) is 14.0 Å². The number of anilines is 2. The molecule has 2 aromatic carbocycles. The first-order valence-corrected chi connectivity index (χ1v) is 9.93. The van der Waals surface area contributed by atoms with E-state index in [2.05, 4.69) is 4.90 Å². The van der Waals surface area contributed by atoms with Gasteiger partial charge in [-0.05, 0) is 44.2 Å². The fourth-order valence-electron chi connectivity index (χ4n) is 3.64. The molecule has 1 fully saturated rings.